The van der Waals surface area contributed by atoms with Gasteiger partial charge in [-0.05, 0) is 44.5 Å². The van der Waals surface area contributed by atoms with E-state index in [2.05, 4.69) is 5.32 Å². The van der Waals surface area contributed by atoms with Crippen molar-refractivity contribution in [1.82, 2.24) is 5.32 Å². The number of anilines is 1. The van der Waals surface area contributed by atoms with E-state index in [1.165, 1.54) is 12.1 Å². The van der Waals surface area contributed by atoms with E-state index < -0.39 is 0 Å². The maximum atomic E-state index is 13.0. The van der Waals surface area contributed by atoms with Crippen LogP contribution in [0.25, 0.3) is 0 Å². The van der Waals surface area contributed by atoms with Gasteiger partial charge >= 0.3 is 0 Å². The number of nitrogen functional groups attached to an aromatic ring is 1. The van der Waals surface area contributed by atoms with Gasteiger partial charge in [0.2, 0.25) is 0 Å². The number of benzene rings is 1. The molecule has 3 N–H and O–H groups in total. The minimum Gasteiger partial charge on any atom is -0.488 e. The van der Waals surface area contributed by atoms with Crippen LogP contribution in [0.3, 0.4) is 0 Å². The number of nitrogens with two attached hydrogens (primary N) is 1. The quantitative estimate of drug-likeness (QED) is 0.755. The summed E-state index contributed by atoms with van der Waals surface area (Å²) in [5.74, 6) is 0.155. The van der Waals surface area contributed by atoms with Gasteiger partial charge in [0.25, 0.3) is 0 Å². The number of ether oxygens (including phenoxy) is 1. The zero-order valence-corrected chi connectivity index (χ0v) is 9.21. The lowest BCUT2D eigenvalue weighted by atomic mass is 10.1. The van der Waals surface area contributed by atoms with Crippen LogP contribution in [0.1, 0.15) is 19.3 Å². The highest BCUT2D eigenvalue weighted by molar-refractivity contribution is 5.52. The molecule has 2 rings (SSSR count). The molecule has 1 fully saturated rings. The van der Waals surface area contributed by atoms with E-state index in [0.29, 0.717) is 11.4 Å². The van der Waals surface area contributed by atoms with Gasteiger partial charge in [-0.15, -0.1) is 0 Å². The Labute approximate surface area is 94.8 Å². The summed E-state index contributed by atoms with van der Waals surface area (Å²) in [7, 11) is 0. The second-order valence-corrected chi connectivity index (χ2v) is 4.10. The lowest BCUT2D eigenvalue weighted by Crippen LogP contribution is -2.19. The molecular weight excluding hydrogens is 207 g/mol. The molecule has 1 saturated heterocycles. The van der Waals surface area contributed by atoms with Crippen LogP contribution in [0.2, 0.25) is 0 Å². The zero-order chi connectivity index (χ0) is 11.4. The van der Waals surface area contributed by atoms with Gasteiger partial charge in [0.15, 0.2) is 0 Å². The first-order valence-corrected chi connectivity index (χ1v) is 5.68. The molecule has 88 valence electrons. The van der Waals surface area contributed by atoms with E-state index in [9.17, 15) is 4.39 Å². The van der Waals surface area contributed by atoms with E-state index in [0.717, 1.165) is 32.4 Å². The third-order valence-electron chi connectivity index (χ3n) is 2.79. The van der Waals surface area contributed by atoms with Crippen LogP contribution >= 0.6 is 0 Å². The molecule has 1 atom stereocenters. The Kier molecular flexibility index (Phi) is 3.62. The Morgan fingerprint density at radius 3 is 3.06 bits per heavy atom. The second kappa shape index (κ2) is 5.16. The van der Waals surface area contributed by atoms with Crippen LogP contribution in [0, 0.1) is 5.82 Å². The molecule has 1 aromatic carbocycles. The van der Waals surface area contributed by atoms with Crippen molar-refractivity contribution in [1.29, 1.82) is 0 Å². The third-order valence-corrected chi connectivity index (χ3v) is 2.79. The molecule has 1 aliphatic heterocycles. The van der Waals surface area contributed by atoms with Crippen LogP contribution < -0.4 is 15.8 Å². The number of nitrogens with one attached hydrogen (secondary N) is 1. The van der Waals surface area contributed by atoms with Gasteiger partial charge in [-0.2, -0.15) is 0 Å². The van der Waals surface area contributed by atoms with Gasteiger partial charge < -0.3 is 15.8 Å². The molecule has 0 spiro atoms. The fourth-order valence-corrected chi connectivity index (χ4v) is 1.89. The Morgan fingerprint density at radius 2 is 2.19 bits per heavy atom. The number of halogens is 1. The lowest BCUT2D eigenvalue weighted by Gasteiger charge is -2.17. The Bertz CT molecular complexity index is 349. The molecular formula is C12H17FN2O. The number of hydrogen-bond donors (Lipinski definition) is 2. The van der Waals surface area contributed by atoms with Gasteiger partial charge in [-0.25, -0.2) is 4.39 Å². The van der Waals surface area contributed by atoms with Crippen LogP contribution in [-0.4, -0.2) is 19.2 Å². The molecule has 0 radical (unpaired) electrons. The van der Waals surface area contributed by atoms with Crippen molar-refractivity contribution in [2.45, 2.75) is 25.4 Å². The van der Waals surface area contributed by atoms with Crippen molar-refractivity contribution in [3.05, 3.63) is 24.0 Å². The summed E-state index contributed by atoms with van der Waals surface area (Å²) < 4.78 is 18.8. The molecule has 0 aliphatic carbocycles. The summed E-state index contributed by atoms with van der Waals surface area (Å²) in [5, 5.41) is 3.30. The number of hydrogen-bond acceptors (Lipinski definition) is 3. The van der Waals surface area contributed by atoms with Gasteiger partial charge in [0, 0.05) is 6.07 Å². The number of rotatable bonds is 2. The van der Waals surface area contributed by atoms with Gasteiger partial charge in [-0.1, -0.05) is 0 Å². The maximum Gasteiger partial charge on any atom is 0.145 e. The van der Waals surface area contributed by atoms with E-state index in [1.807, 2.05) is 0 Å². The first kappa shape index (κ1) is 11.2. The van der Waals surface area contributed by atoms with Crippen molar-refractivity contribution in [2.75, 3.05) is 18.8 Å². The first-order chi connectivity index (χ1) is 7.75. The summed E-state index contributed by atoms with van der Waals surface area (Å²) in [6, 6.07) is 4.24. The second-order valence-electron chi connectivity index (χ2n) is 4.10. The molecule has 3 nitrogen and oxygen atoms in total. The molecule has 1 heterocycles. The van der Waals surface area contributed by atoms with Crippen molar-refractivity contribution < 1.29 is 9.13 Å². The highest BCUT2D eigenvalue weighted by Gasteiger charge is 2.14. The lowest BCUT2D eigenvalue weighted by molar-refractivity contribution is 0.188. The van der Waals surface area contributed by atoms with Crippen molar-refractivity contribution in [3.63, 3.8) is 0 Å². The van der Waals surface area contributed by atoms with Crippen molar-refractivity contribution in [2.24, 2.45) is 0 Å². The largest absolute Gasteiger partial charge is 0.488 e. The fourth-order valence-electron chi connectivity index (χ4n) is 1.89. The first-order valence-electron chi connectivity index (χ1n) is 5.68. The predicted octanol–water partition coefficient (Wildman–Crippen LogP) is 1.93. The molecule has 4 heteroatoms. The highest BCUT2D eigenvalue weighted by Crippen LogP contribution is 2.25. The van der Waals surface area contributed by atoms with Crippen LogP contribution in [0.4, 0.5) is 10.1 Å². The monoisotopic (exact) mass is 224 g/mol. The van der Waals surface area contributed by atoms with Crippen molar-refractivity contribution >= 4 is 5.69 Å². The standard InChI is InChI=1S/C12H17FN2O/c13-9-3-4-11(14)12(8-9)16-10-2-1-6-15-7-5-10/h3-4,8,10,15H,1-2,5-7,14H2. The average molecular weight is 224 g/mol. The van der Waals surface area contributed by atoms with E-state index in [1.54, 1.807) is 6.07 Å². The summed E-state index contributed by atoms with van der Waals surface area (Å²) >= 11 is 0. The molecule has 1 aliphatic rings. The van der Waals surface area contributed by atoms with Crippen LogP contribution in [0.5, 0.6) is 5.75 Å². The minimum atomic E-state index is -0.309. The van der Waals surface area contributed by atoms with Gasteiger partial charge in [-0.3, -0.25) is 0 Å². The highest BCUT2D eigenvalue weighted by atomic mass is 19.1. The van der Waals surface area contributed by atoms with E-state index in [-0.39, 0.29) is 11.9 Å². The predicted molar refractivity (Wildman–Crippen MR) is 61.9 cm³/mol. The van der Waals surface area contributed by atoms with E-state index >= 15 is 0 Å². The molecule has 16 heavy (non-hydrogen) atoms. The Morgan fingerprint density at radius 1 is 1.31 bits per heavy atom. The molecule has 0 saturated carbocycles. The molecule has 1 aromatic rings. The molecule has 0 aromatic heterocycles. The summed E-state index contributed by atoms with van der Waals surface area (Å²) in [6.07, 6.45) is 3.15. The molecule has 0 amide bonds. The summed E-state index contributed by atoms with van der Waals surface area (Å²) in [5.41, 5.74) is 6.24. The zero-order valence-electron chi connectivity index (χ0n) is 9.21. The van der Waals surface area contributed by atoms with Crippen LogP contribution in [-0.2, 0) is 0 Å². The normalized spacial score (nSPS) is 21.4. The fraction of sp³-hybridized carbons (Fsp3) is 0.500. The van der Waals surface area contributed by atoms with E-state index in [4.69, 9.17) is 10.5 Å². The average Bonchev–Trinajstić information content (AvgIpc) is 2.52. The maximum absolute atomic E-state index is 13.0. The Balaban J connectivity index is 2.04. The SMILES string of the molecule is Nc1ccc(F)cc1OC1CCCNCC1. The minimum absolute atomic E-state index is 0.138. The summed E-state index contributed by atoms with van der Waals surface area (Å²) in [4.78, 5) is 0. The van der Waals surface area contributed by atoms with Gasteiger partial charge in [0.1, 0.15) is 17.7 Å². The third kappa shape index (κ3) is 2.85. The Hall–Kier alpha value is -1.29. The molecule has 1 unspecified atom stereocenters. The summed E-state index contributed by atoms with van der Waals surface area (Å²) in [6.45, 7) is 1.97. The van der Waals surface area contributed by atoms with Gasteiger partial charge in [0.05, 0.1) is 5.69 Å². The van der Waals surface area contributed by atoms with Crippen LogP contribution in [0.15, 0.2) is 18.2 Å². The molecule has 0 bridgehead atoms. The smallest absolute Gasteiger partial charge is 0.145 e. The topological polar surface area (TPSA) is 47.3 Å². The van der Waals surface area contributed by atoms with Crippen molar-refractivity contribution in [3.8, 4) is 5.75 Å².